The molecule has 0 spiro atoms. The second kappa shape index (κ2) is 12.5. The smallest absolute Gasteiger partial charge is 0.339 e. The number of hydrogen-bond acceptors (Lipinski definition) is 17. The molecule has 5 rings (SSSR count). The van der Waals surface area contributed by atoms with Crippen molar-refractivity contribution >= 4 is 18.0 Å². The molecule has 6 atom stereocenters. The van der Waals surface area contributed by atoms with Gasteiger partial charge in [0.2, 0.25) is 6.29 Å². The molecule has 17 heteroatoms. The Hall–Kier alpha value is -5.78. The van der Waals surface area contributed by atoms with E-state index in [0.717, 1.165) is 43.3 Å². The summed E-state index contributed by atoms with van der Waals surface area (Å²) in [5.41, 5.74) is -0.612. The molecule has 0 aliphatic carbocycles. The van der Waals surface area contributed by atoms with Crippen LogP contribution in [0.15, 0.2) is 42.2 Å². The third-order valence-corrected chi connectivity index (χ3v) is 7.19. The second-order valence-electron chi connectivity index (χ2n) is 10.5. The Kier molecular flexibility index (Phi) is 8.70. The number of ether oxygens (including phenoxy) is 5. The zero-order valence-corrected chi connectivity index (χ0v) is 24.0. The van der Waals surface area contributed by atoms with Crippen molar-refractivity contribution in [2.75, 3.05) is 6.61 Å². The summed E-state index contributed by atoms with van der Waals surface area (Å²) in [6.45, 7) is 0.473. The minimum Gasteiger partial charge on any atom is -0.508 e. The van der Waals surface area contributed by atoms with E-state index in [4.69, 9.17) is 23.7 Å². The van der Waals surface area contributed by atoms with E-state index in [1.54, 1.807) is 0 Å². The maximum Gasteiger partial charge on any atom is 0.339 e. The van der Waals surface area contributed by atoms with E-state index in [1.165, 1.54) is 6.08 Å². The first kappa shape index (κ1) is 32.6. The van der Waals surface area contributed by atoms with E-state index in [-0.39, 0.29) is 22.6 Å². The zero-order chi connectivity index (χ0) is 34.3. The second-order valence-corrected chi connectivity index (χ2v) is 10.5. The Labute approximate surface area is 263 Å². The highest BCUT2D eigenvalue weighted by molar-refractivity contribution is 5.91. The van der Waals surface area contributed by atoms with E-state index in [1.807, 2.05) is 0 Å². The molecule has 10 N–H and O–H groups in total. The summed E-state index contributed by atoms with van der Waals surface area (Å²) < 4.78 is 28.0. The number of phenolic OH excluding ortho intramolecular Hbond substituents is 8. The van der Waals surface area contributed by atoms with Crippen molar-refractivity contribution in [2.45, 2.75) is 43.7 Å². The quantitative estimate of drug-likeness (QED) is 0.125. The van der Waals surface area contributed by atoms with Crippen molar-refractivity contribution in [3.05, 3.63) is 58.8 Å². The number of fused-ring (bicyclic) bond motifs is 1. The van der Waals surface area contributed by atoms with E-state index >= 15 is 0 Å². The highest BCUT2D eigenvalue weighted by Gasteiger charge is 2.49. The fraction of sp³-hybridized carbons (Fsp3) is 0.267. The lowest BCUT2D eigenvalue weighted by Crippen LogP contribution is -2.60. The number of aliphatic hydroxyl groups excluding tert-OH is 2. The van der Waals surface area contributed by atoms with E-state index in [2.05, 4.69) is 0 Å². The Morgan fingerprint density at radius 2 is 1.38 bits per heavy atom. The molecule has 1 saturated heterocycles. The van der Waals surface area contributed by atoms with Gasteiger partial charge in [0.05, 0.1) is 11.1 Å². The van der Waals surface area contributed by atoms with Crippen molar-refractivity contribution in [2.24, 2.45) is 0 Å². The van der Waals surface area contributed by atoms with Crippen LogP contribution in [0.2, 0.25) is 0 Å². The average Bonchev–Trinajstić information content (AvgIpc) is 3.00. The van der Waals surface area contributed by atoms with Gasteiger partial charge in [-0.1, -0.05) is 0 Å². The lowest BCUT2D eigenvalue weighted by molar-refractivity contribution is -0.293. The van der Waals surface area contributed by atoms with Gasteiger partial charge >= 0.3 is 11.9 Å². The zero-order valence-electron chi connectivity index (χ0n) is 24.0. The van der Waals surface area contributed by atoms with Gasteiger partial charge in [0.15, 0.2) is 46.7 Å². The van der Waals surface area contributed by atoms with Gasteiger partial charge in [-0.25, -0.2) is 4.79 Å². The third kappa shape index (κ3) is 6.48. The molecule has 3 aromatic carbocycles. The number of benzene rings is 3. The molecule has 17 nitrogen and oxygen atoms in total. The van der Waals surface area contributed by atoms with E-state index in [0.29, 0.717) is 0 Å². The van der Waals surface area contributed by atoms with Crippen LogP contribution >= 0.6 is 0 Å². The fourth-order valence-electron chi connectivity index (χ4n) is 4.86. The molecule has 3 aromatic rings. The maximum absolute atomic E-state index is 13.1. The average molecular weight is 661 g/mol. The minimum absolute atomic E-state index is 0.0438. The van der Waals surface area contributed by atoms with Crippen LogP contribution in [0, 0.1) is 0 Å². The first-order chi connectivity index (χ1) is 22.1. The monoisotopic (exact) mass is 660 g/mol. The van der Waals surface area contributed by atoms with Gasteiger partial charge in [-0.05, 0) is 30.3 Å². The third-order valence-electron chi connectivity index (χ3n) is 7.19. The standard InChI is InChI=1S/C30H28O17/c1-10(31)43-9-22-25(40)26(41)28(47-29(42)12-4-18(36)24(39)19(37)5-12)30(46-22)45-21-8-14-15(33)6-13(32)7-20(14)44-27(21)11-2-16(34)23(38)17(35)3-11/h2-8,22,25-28,30,32-41H,9H2,1H3/t22-,25-,26-,27?,28-,30+/m0/s1. The van der Waals surface area contributed by atoms with Crippen molar-refractivity contribution in [3.8, 4) is 51.7 Å². The van der Waals surface area contributed by atoms with Crippen molar-refractivity contribution in [3.63, 3.8) is 0 Å². The van der Waals surface area contributed by atoms with Gasteiger partial charge in [-0.15, -0.1) is 0 Å². The highest BCUT2D eigenvalue weighted by Crippen LogP contribution is 2.47. The molecule has 0 amide bonds. The van der Waals surface area contributed by atoms with Crippen LogP contribution in [0.1, 0.15) is 34.5 Å². The Bertz CT molecular complexity index is 1700. The van der Waals surface area contributed by atoms with Crippen molar-refractivity contribution in [1.29, 1.82) is 0 Å². The molecule has 0 radical (unpaired) electrons. The summed E-state index contributed by atoms with van der Waals surface area (Å²) in [5.74, 6) is -8.45. The molecule has 0 bridgehead atoms. The van der Waals surface area contributed by atoms with Crippen LogP contribution in [0.3, 0.4) is 0 Å². The van der Waals surface area contributed by atoms with Crippen molar-refractivity contribution in [1.82, 2.24) is 0 Å². The number of hydrogen-bond donors (Lipinski definition) is 10. The first-order valence-electron chi connectivity index (χ1n) is 13.6. The predicted octanol–water partition coefficient (Wildman–Crippen LogP) is 1.06. The van der Waals surface area contributed by atoms with E-state index < -0.39 is 107 Å². The van der Waals surface area contributed by atoms with Crippen LogP contribution in [0.5, 0.6) is 51.7 Å². The summed E-state index contributed by atoms with van der Waals surface area (Å²) in [7, 11) is 0. The molecule has 1 fully saturated rings. The summed E-state index contributed by atoms with van der Waals surface area (Å²) in [6.07, 6.45) is -9.38. The Balaban J connectivity index is 1.56. The van der Waals surface area contributed by atoms with Gasteiger partial charge < -0.3 is 74.7 Å². The van der Waals surface area contributed by atoms with Gasteiger partial charge in [0.25, 0.3) is 0 Å². The van der Waals surface area contributed by atoms with Crippen LogP contribution in [-0.4, -0.2) is 100 Å². The summed E-state index contributed by atoms with van der Waals surface area (Å²) in [5, 5.41) is 102. The molecule has 0 aromatic heterocycles. The first-order valence-corrected chi connectivity index (χ1v) is 13.6. The number of carbonyl (C=O) groups is 2. The normalized spacial score (nSPS) is 23.5. The summed E-state index contributed by atoms with van der Waals surface area (Å²) >= 11 is 0. The fourth-order valence-corrected chi connectivity index (χ4v) is 4.86. The minimum atomic E-state index is -2.00. The summed E-state index contributed by atoms with van der Waals surface area (Å²) in [6, 6.07) is 5.60. The van der Waals surface area contributed by atoms with Gasteiger partial charge in [0.1, 0.15) is 47.9 Å². The molecule has 1 unspecified atom stereocenters. The van der Waals surface area contributed by atoms with Gasteiger partial charge in [-0.2, -0.15) is 0 Å². The highest BCUT2D eigenvalue weighted by atomic mass is 16.7. The molecule has 47 heavy (non-hydrogen) atoms. The Morgan fingerprint density at radius 1 is 0.787 bits per heavy atom. The number of esters is 2. The largest absolute Gasteiger partial charge is 0.508 e. The molecule has 2 heterocycles. The molecule has 250 valence electrons. The molecule has 2 aliphatic rings. The number of phenols is 8. The predicted molar refractivity (Wildman–Crippen MR) is 152 cm³/mol. The molecule has 0 saturated carbocycles. The molecule has 2 aliphatic heterocycles. The van der Waals surface area contributed by atoms with Crippen LogP contribution in [-0.2, 0) is 23.7 Å². The SMILES string of the molecule is CC(=O)OC[C@@H]1O[C@@H](OC2=Cc3c(O)cc(O)cc3OC2c2cc(O)c(O)c(O)c2)[C@@H](OC(=O)c2cc(O)c(O)c(O)c2)[C@@H](O)[C@H]1O. The summed E-state index contributed by atoms with van der Waals surface area (Å²) in [4.78, 5) is 24.5. The van der Waals surface area contributed by atoms with Crippen LogP contribution in [0.25, 0.3) is 6.08 Å². The lowest BCUT2D eigenvalue weighted by Gasteiger charge is -2.42. The van der Waals surface area contributed by atoms with Crippen LogP contribution < -0.4 is 4.74 Å². The number of rotatable bonds is 7. The van der Waals surface area contributed by atoms with Gasteiger partial charge in [-0.3, -0.25) is 4.79 Å². The number of aliphatic hydroxyl groups is 2. The van der Waals surface area contributed by atoms with Crippen molar-refractivity contribution < 1.29 is 84.3 Å². The number of aromatic hydroxyl groups is 8. The Morgan fingerprint density at radius 3 is 1.98 bits per heavy atom. The topological polar surface area (TPSA) is 283 Å². The van der Waals surface area contributed by atoms with Gasteiger partial charge in [0, 0.05) is 24.6 Å². The lowest BCUT2D eigenvalue weighted by atomic mass is 9.98. The molecular formula is C30H28O17. The maximum atomic E-state index is 13.1. The molecular weight excluding hydrogens is 632 g/mol. The van der Waals surface area contributed by atoms with Crippen LogP contribution in [0.4, 0.5) is 0 Å². The van der Waals surface area contributed by atoms with E-state index in [9.17, 15) is 60.7 Å². The number of carbonyl (C=O) groups excluding carboxylic acids is 2.